The standard InChI is InChI=1S/C32H50N6O7.C2H6/c1-9-22(5)33-23(6)19-21(4)12-13-32(14-17-37(18-15-32)31(44)45-8)30(43)35-26(20(2)3)27(39)34-24(7)28(40)38-16-10-11-25(36-38)29(41)42;1-2/h12-13,19-20,24-26,36H,4,9-11,14-18H2,1-3,5-8H3,(H,34,39)(H,35,43)(H,41,42);1-2H3/b13-12+,23-19+,33-22?;. The number of aliphatic imine (C=N–C) groups is 1. The molecule has 0 aliphatic carbocycles. The van der Waals surface area contributed by atoms with Gasteiger partial charge in [0, 0.05) is 31.0 Å². The third-order valence-electron chi connectivity index (χ3n) is 8.15. The molecule has 0 aromatic rings. The Morgan fingerprint density at radius 2 is 1.70 bits per heavy atom. The number of carbonyl (C=O) groups is 5. The van der Waals surface area contributed by atoms with Crippen LogP contribution in [-0.4, -0.2) is 95.4 Å². The molecule has 2 rings (SSSR count). The summed E-state index contributed by atoms with van der Waals surface area (Å²) < 4.78 is 4.86. The lowest BCUT2D eigenvalue weighted by atomic mass is 9.76. The molecule has 13 heteroatoms. The lowest BCUT2D eigenvalue weighted by molar-refractivity contribution is -0.148. The van der Waals surface area contributed by atoms with Crippen LogP contribution < -0.4 is 16.1 Å². The first-order chi connectivity index (χ1) is 22.1. The summed E-state index contributed by atoms with van der Waals surface area (Å²) in [4.78, 5) is 70.0. The number of carboxylic acid groups (broad SMARTS) is 1. The van der Waals surface area contributed by atoms with Crippen LogP contribution in [0.3, 0.4) is 0 Å². The van der Waals surface area contributed by atoms with Crippen molar-refractivity contribution in [1.82, 2.24) is 26.0 Å². The van der Waals surface area contributed by atoms with Gasteiger partial charge in [0.1, 0.15) is 18.1 Å². The summed E-state index contributed by atoms with van der Waals surface area (Å²) in [5, 5.41) is 16.1. The molecule has 13 nitrogen and oxygen atoms in total. The summed E-state index contributed by atoms with van der Waals surface area (Å²) in [5.41, 5.74) is 4.06. The van der Waals surface area contributed by atoms with Crippen molar-refractivity contribution in [2.75, 3.05) is 26.7 Å². The Kier molecular flexibility index (Phi) is 17.1. The highest BCUT2D eigenvalue weighted by Gasteiger charge is 2.42. The molecular weight excluding hydrogens is 604 g/mol. The van der Waals surface area contributed by atoms with Gasteiger partial charge in [-0.1, -0.05) is 53.3 Å². The molecule has 4 amide bonds. The van der Waals surface area contributed by atoms with Gasteiger partial charge in [-0.05, 0) is 70.4 Å². The number of carboxylic acids is 1. The third-order valence-corrected chi connectivity index (χ3v) is 8.15. The number of hydrazine groups is 1. The molecule has 0 saturated carbocycles. The number of nitrogens with zero attached hydrogens (tertiary/aromatic N) is 3. The summed E-state index contributed by atoms with van der Waals surface area (Å²) in [6.07, 6.45) is 7.20. The third kappa shape index (κ3) is 12.3. The van der Waals surface area contributed by atoms with Crippen LogP contribution in [-0.2, 0) is 23.9 Å². The van der Waals surface area contributed by atoms with Crippen LogP contribution in [0.5, 0.6) is 0 Å². The quantitative estimate of drug-likeness (QED) is 0.180. The van der Waals surface area contributed by atoms with E-state index in [2.05, 4.69) is 27.6 Å². The Hall–Kier alpha value is -4.00. The number of rotatable bonds is 12. The van der Waals surface area contributed by atoms with Crippen molar-refractivity contribution in [3.05, 3.63) is 36.1 Å². The molecule has 0 spiro atoms. The highest BCUT2D eigenvalue weighted by molar-refractivity contribution is 5.94. The van der Waals surface area contributed by atoms with Crippen LogP contribution in [0.2, 0.25) is 0 Å². The second kappa shape index (κ2) is 19.6. The van der Waals surface area contributed by atoms with E-state index in [0.29, 0.717) is 37.8 Å². The molecule has 2 aliphatic heterocycles. The van der Waals surface area contributed by atoms with Gasteiger partial charge in [-0.25, -0.2) is 10.2 Å². The van der Waals surface area contributed by atoms with E-state index >= 15 is 0 Å². The van der Waals surface area contributed by atoms with Gasteiger partial charge in [-0.3, -0.25) is 29.2 Å². The van der Waals surface area contributed by atoms with Gasteiger partial charge in [0.2, 0.25) is 11.8 Å². The topological polar surface area (TPSA) is 170 Å². The van der Waals surface area contributed by atoms with Crippen LogP contribution in [0.15, 0.2) is 41.1 Å². The molecular formula is C34H56N6O7. The number of amides is 4. The monoisotopic (exact) mass is 660 g/mol. The molecule has 2 heterocycles. The number of hydrogen-bond acceptors (Lipinski definition) is 8. The van der Waals surface area contributed by atoms with Crippen molar-refractivity contribution in [1.29, 1.82) is 0 Å². The number of nitrogens with one attached hydrogen (secondary N) is 3. The number of likely N-dealkylation sites (tertiary alicyclic amines) is 1. The van der Waals surface area contributed by atoms with E-state index in [9.17, 15) is 29.1 Å². The first kappa shape index (κ1) is 41.0. The normalized spacial score (nSPS) is 19.7. The second-order valence-electron chi connectivity index (χ2n) is 12.1. The van der Waals surface area contributed by atoms with Gasteiger partial charge in [0.05, 0.1) is 12.5 Å². The number of methoxy groups -OCH3 is 1. The Morgan fingerprint density at radius 1 is 1.09 bits per heavy atom. The molecule has 47 heavy (non-hydrogen) atoms. The van der Waals surface area contributed by atoms with E-state index in [1.165, 1.54) is 23.9 Å². The van der Waals surface area contributed by atoms with E-state index in [-0.39, 0.29) is 24.9 Å². The van der Waals surface area contributed by atoms with Gasteiger partial charge in [0.25, 0.3) is 5.91 Å². The number of piperidine rings is 1. The number of aliphatic carboxylic acids is 1. The maximum atomic E-state index is 14.0. The average molecular weight is 661 g/mol. The minimum absolute atomic E-state index is 0.274. The summed E-state index contributed by atoms with van der Waals surface area (Å²) in [6, 6.07) is -2.81. The van der Waals surface area contributed by atoms with Gasteiger partial charge >= 0.3 is 12.1 Å². The number of hydrogen-bond donors (Lipinski definition) is 4. The van der Waals surface area contributed by atoms with Crippen LogP contribution in [0, 0.1) is 11.3 Å². The molecule has 4 N–H and O–H groups in total. The Bertz CT molecular complexity index is 1220. The smallest absolute Gasteiger partial charge is 0.409 e. The van der Waals surface area contributed by atoms with Crippen LogP contribution in [0.25, 0.3) is 0 Å². The Morgan fingerprint density at radius 3 is 2.23 bits per heavy atom. The molecule has 264 valence electrons. The Labute approximate surface area is 279 Å². The van der Waals surface area contributed by atoms with Crippen molar-refractivity contribution in [3.8, 4) is 0 Å². The molecule has 2 fully saturated rings. The summed E-state index contributed by atoms with van der Waals surface area (Å²) in [5.74, 6) is -2.77. The fourth-order valence-corrected chi connectivity index (χ4v) is 5.22. The highest BCUT2D eigenvalue weighted by atomic mass is 16.5. The zero-order chi connectivity index (χ0) is 35.9. The first-order valence-electron chi connectivity index (χ1n) is 16.5. The zero-order valence-electron chi connectivity index (χ0n) is 29.6. The maximum Gasteiger partial charge on any atom is 0.409 e. The molecule has 3 atom stereocenters. The van der Waals surface area contributed by atoms with Crippen LogP contribution in [0.1, 0.15) is 87.5 Å². The van der Waals surface area contributed by atoms with E-state index in [0.717, 1.165) is 17.8 Å². The SMILES string of the molecule is C=C(/C=C/C1(C(=O)NC(C(=O)NC(C)C(=O)N2CCCC(C(=O)O)N2)C(C)C)CCN(C(=O)OC)CC1)/C=C(\C)N=C(C)CC.CC. The molecule has 0 bridgehead atoms. The van der Waals surface area contributed by atoms with E-state index in [1.54, 1.807) is 26.0 Å². The van der Waals surface area contributed by atoms with Crippen molar-refractivity contribution < 1.29 is 33.8 Å². The molecule has 0 aromatic heterocycles. The van der Waals surface area contributed by atoms with E-state index in [4.69, 9.17) is 4.74 Å². The lowest BCUT2D eigenvalue weighted by Crippen LogP contribution is -2.61. The number of carbonyl (C=O) groups excluding carboxylic acids is 4. The minimum Gasteiger partial charge on any atom is -0.480 e. The van der Waals surface area contributed by atoms with Gasteiger partial charge in [-0.2, -0.15) is 0 Å². The summed E-state index contributed by atoms with van der Waals surface area (Å²) in [7, 11) is 1.31. The predicted molar refractivity (Wildman–Crippen MR) is 182 cm³/mol. The lowest BCUT2D eigenvalue weighted by Gasteiger charge is -2.39. The zero-order valence-corrected chi connectivity index (χ0v) is 29.6. The van der Waals surface area contributed by atoms with E-state index < -0.39 is 47.4 Å². The van der Waals surface area contributed by atoms with Crippen molar-refractivity contribution in [2.24, 2.45) is 16.3 Å². The van der Waals surface area contributed by atoms with Crippen molar-refractivity contribution in [2.45, 2.75) is 106 Å². The highest BCUT2D eigenvalue weighted by Crippen LogP contribution is 2.35. The molecule has 0 aromatic carbocycles. The van der Waals surface area contributed by atoms with Gasteiger partial charge in [-0.15, -0.1) is 0 Å². The minimum atomic E-state index is -1.05. The average Bonchev–Trinajstić information content (AvgIpc) is 3.06. The fraction of sp³-hybridized carbons (Fsp3) is 0.647. The van der Waals surface area contributed by atoms with Gasteiger partial charge in [0.15, 0.2) is 0 Å². The number of ether oxygens (including phenoxy) is 1. The number of allylic oxidation sites excluding steroid dienone is 4. The predicted octanol–water partition coefficient (Wildman–Crippen LogP) is 3.97. The fourth-order valence-electron chi connectivity index (χ4n) is 5.22. The van der Waals surface area contributed by atoms with Crippen molar-refractivity contribution >= 4 is 35.5 Å². The first-order valence-corrected chi connectivity index (χ1v) is 16.5. The maximum absolute atomic E-state index is 14.0. The largest absolute Gasteiger partial charge is 0.480 e. The van der Waals surface area contributed by atoms with Crippen LogP contribution >= 0.6 is 0 Å². The van der Waals surface area contributed by atoms with Crippen molar-refractivity contribution in [3.63, 3.8) is 0 Å². The molecule has 2 aliphatic rings. The molecule has 2 saturated heterocycles. The second-order valence-corrected chi connectivity index (χ2v) is 12.1. The molecule has 3 unspecified atom stereocenters. The Balaban J connectivity index is 0.00000541. The van der Waals surface area contributed by atoms with Crippen LogP contribution in [0.4, 0.5) is 4.79 Å². The van der Waals surface area contributed by atoms with Gasteiger partial charge < -0.3 is 25.4 Å². The summed E-state index contributed by atoms with van der Waals surface area (Å²) >= 11 is 0. The summed E-state index contributed by atoms with van der Waals surface area (Å²) in [6.45, 7) is 19.9. The molecule has 0 radical (unpaired) electrons. The van der Waals surface area contributed by atoms with E-state index in [1.807, 2.05) is 40.7 Å².